The highest BCUT2D eigenvalue weighted by molar-refractivity contribution is 5.66. The summed E-state index contributed by atoms with van der Waals surface area (Å²) in [5, 5.41) is 8.67. The summed E-state index contributed by atoms with van der Waals surface area (Å²) in [5.41, 5.74) is 0.300. The Morgan fingerprint density at radius 3 is 2.50 bits per heavy atom. The number of carboxylic acids is 1. The van der Waals surface area contributed by atoms with Crippen molar-refractivity contribution in [2.24, 2.45) is 0 Å². The van der Waals surface area contributed by atoms with E-state index in [4.69, 9.17) is 5.11 Å². The molecule has 0 bridgehead atoms. The average molecular weight is 285 g/mol. The first-order valence-corrected chi connectivity index (χ1v) is 6.75. The number of rotatable bonds is 7. The predicted octanol–water partition coefficient (Wildman–Crippen LogP) is 3.60. The molecule has 1 aromatic carbocycles. The first kappa shape index (κ1) is 16.6. The van der Waals surface area contributed by atoms with Crippen molar-refractivity contribution in [3.63, 3.8) is 0 Å². The van der Waals surface area contributed by atoms with Crippen LogP contribution in [0.15, 0.2) is 18.2 Å². The molecule has 1 N–H and O–H groups in total. The molecule has 0 amide bonds. The molecule has 1 aromatic rings. The van der Waals surface area contributed by atoms with Gasteiger partial charge in [0.1, 0.15) is 11.6 Å². The largest absolute Gasteiger partial charge is 0.481 e. The maximum absolute atomic E-state index is 13.8. The Balaban J connectivity index is 2.85. The molecule has 112 valence electrons. The minimum atomic E-state index is -0.849. The Morgan fingerprint density at radius 2 is 1.95 bits per heavy atom. The molecule has 1 unspecified atom stereocenters. The fraction of sp³-hybridized carbons (Fsp3) is 0.533. The van der Waals surface area contributed by atoms with E-state index in [1.165, 1.54) is 6.07 Å². The number of carbonyl (C=O) groups is 1. The zero-order valence-electron chi connectivity index (χ0n) is 12.1. The van der Waals surface area contributed by atoms with Gasteiger partial charge in [-0.25, -0.2) is 8.78 Å². The number of nitrogens with zero attached hydrogens (tertiary/aromatic N) is 1. The van der Waals surface area contributed by atoms with Crippen LogP contribution < -0.4 is 0 Å². The van der Waals surface area contributed by atoms with Crippen molar-refractivity contribution in [2.45, 2.75) is 45.7 Å². The van der Waals surface area contributed by atoms with Crippen molar-refractivity contribution >= 4 is 5.97 Å². The zero-order chi connectivity index (χ0) is 15.3. The van der Waals surface area contributed by atoms with E-state index < -0.39 is 17.6 Å². The van der Waals surface area contributed by atoms with Gasteiger partial charge in [0.2, 0.25) is 0 Å². The molecule has 0 saturated carbocycles. The third-order valence-corrected chi connectivity index (χ3v) is 3.38. The van der Waals surface area contributed by atoms with Crippen LogP contribution in [0.2, 0.25) is 0 Å². The summed E-state index contributed by atoms with van der Waals surface area (Å²) >= 11 is 0. The SMILES string of the molecule is CC(C)N(CCCC(=O)O)C(C)c1cc(F)ccc1F. The minimum absolute atomic E-state index is 0.0710. The second-order valence-corrected chi connectivity index (χ2v) is 5.17. The highest BCUT2D eigenvalue weighted by Crippen LogP contribution is 2.26. The molecule has 20 heavy (non-hydrogen) atoms. The molecule has 0 saturated heterocycles. The van der Waals surface area contributed by atoms with Gasteiger partial charge in [0.05, 0.1) is 0 Å². The molecule has 3 nitrogen and oxygen atoms in total. The molecular weight excluding hydrogens is 264 g/mol. The van der Waals surface area contributed by atoms with Crippen molar-refractivity contribution < 1.29 is 18.7 Å². The number of carboxylic acid groups (broad SMARTS) is 1. The standard InChI is InChI=1S/C15H21F2NO2/c1-10(2)18(8-4-5-15(19)20)11(3)13-9-12(16)6-7-14(13)17/h6-7,9-11H,4-5,8H2,1-3H3,(H,19,20). The van der Waals surface area contributed by atoms with E-state index in [1.807, 2.05) is 18.7 Å². The molecule has 0 aliphatic heterocycles. The van der Waals surface area contributed by atoms with Crippen LogP contribution >= 0.6 is 0 Å². The van der Waals surface area contributed by atoms with E-state index in [9.17, 15) is 13.6 Å². The number of halogens is 2. The van der Waals surface area contributed by atoms with Gasteiger partial charge < -0.3 is 5.11 Å². The Bertz CT molecular complexity index is 463. The fourth-order valence-corrected chi connectivity index (χ4v) is 2.33. The monoisotopic (exact) mass is 285 g/mol. The van der Waals surface area contributed by atoms with E-state index in [0.717, 1.165) is 12.1 Å². The van der Waals surface area contributed by atoms with Gasteiger partial charge in [-0.2, -0.15) is 0 Å². The summed E-state index contributed by atoms with van der Waals surface area (Å²) in [6, 6.07) is 3.22. The van der Waals surface area contributed by atoms with E-state index >= 15 is 0 Å². The third kappa shape index (κ3) is 4.56. The van der Waals surface area contributed by atoms with Gasteiger partial charge in [0.15, 0.2) is 0 Å². The molecular formula is C15H21F2NO2. The fourth-order valence-electron chi connectivity index (χ4n) is 2.33. The van der Waals surface area contributed by atoms with E-state index in [1.54, 1.807) is 6.92 Å². The number of benzene rings is 1. The number of hydrogen-bond acceptors (Lipinski definition) is 2. The van der Waals surface area contributed by atoms with E-state index in [-0.39, 0.29) is 18.5 Å². The van der Waals surface area contributed by atoms with Crippen molar-refractivity contribution in [1.29, 1.82) is 0 Å². The van der Waals surface area contributed by atoms with Gasteiger partial charge >= 0.3 is 5.97 Å². The summed E-state index contributed by atoms with van der Waals surface area (Å²) in [5.74, 6) is -1.76. The first-order chi connectivity index (χ1) is 9.32. The first-order valence-electron chi connectivity index (χ1n) is 6.75. The second-order valence-electron chi connectivity index (χ2n) is 5.17. The van der Waals surface area contributed by atoms with Gasteiger partial charge in [-0.05, 0) is 51.9 Å². The molecule has 1 rings (SSSR count). The quantitative estimate of drug-likeness (QED) is 0.832. The molecule has 1 atom stereocenters. The lowest BCUT2D eigenvalue weighted by Gasteiger charge is -2.33. The van der Waals surface area contributed by atoms with Gasteiger partial charge in [0.25, 0.3) is 0 Å². The number of hydrogen-bond donors (Lipinski definition) is 1. The van der Waals surface area contributed by atoms with Crippen molar-refractivity contribution in [3.05, 3.63) is 35.4 Å². The Labute approximate surface area is 118 Å². The molecule has 0 heterocycles. The molecule has 5 heteroatoms. The van der Waals surface area contributed by atoms with Crippen LogP contribution in [0.4, 0.5) is 8.78 Å². The van der Waals surface area contributed by atoms with Crippen LogP contribution in [0.25, 0.3) is 0 Å². The summed E-state index contributed by atoms with van der Waals surface area (Å²) in [6.07, 6.45) is 0.552. The van der Waals surface area contributed by atoms with Gasteiger partial charge in [0, 0.05) is 24.1 Å². The third-order valence-electron chi connectivity index (χ3n) is 3.38. The molecule has 0 fully saturated rings. The summed E-state index contributed by atoms with van der Waals surface area (Å²) in [6.45, 7) is 6.24. The van der Waals surface area contributed by atoms with Crippen molar-refractivity contribution in [1.82, 2.24) is 4.90 Å². The normalized spacial score (nSPS) is 12.9. The lowest BCUT2D eigenvalue weighted by molar-refractivity contribution is -0.137. The topological polar surface area (TPSA) is 40.5 Å². The van der Waals surface area contributed by atoms with Crippen LogP contribution in [0.3, 0.4) is 0 Å². The Morgan fingerprint density at radius 1 is 1.30 bits per heavy atom. The van der Waals surface area contributed by atoms with Crippen LogP contribution in [0.5, 0.6) is 0 Å². The van der Waals surface area contributed by atoms with Crippen LogP contribution in [-0.4, -0.2) is 28.6 Å². The number of aliphatic carboxylic acids is 1. The maximum atomic E-state index is 13.8. The van der Waals surface area contributed by atoms with Crippen LogP contribution in [0, 0.1) is 11.6 Å². The molecule has 0 aromatic heterocycles. The van der Waals surface area contributed by atoms with Crippen LogP contribution in [-0.2, 0) is 4.79 Å². The predicted molar refractivity (Wildman–Crippen MR) is 73.5 cm³/mol. The molecule has 0 aliphatic rings. The molecule has 0 aliphatic carbocycles. The van der Waals surface area contributed by atoms with Crippen molar-refractivity contribution in [2.75, 3.05) is 6.54 Å². The van der Waals surface area contributed by atoms with Crippen molar-refractivity contribution in [3.8, 4) is 0 Å². The highest BCUT2D eigenvalue weighted by atomic mass is 19.1. The van der Waals surface area contributed by atoms with Gasteiger partial charge in [-0.15, -0.1) is 0 Å². The Hall–Kier alpha value is -1.49. The van der Waals surface area contributed by atoms with E-state index in [0.29, 0.717) is 18.5 Å². The van der Waals surface area contributed by atoms with E-state index in [2.05, 4.69) is 0 Å². The molecule has 0 spiro atoms. The lowest BCUT2D eigenvalue weighted by atomic mass is 10.0. The summed E-state index contributed by atoms with van der Waals surface area (Å²) in [7, 11) is 0. The summed E-state index contributed by atoms with van der Waals surface area (Å²) in [4.78, 5) is 12.5. The Kier molecular flexibility index (Phi) is 6.07. The lowest BCUT2D eigenvalue weighted by Crippen LogP contribution is -2.35. The maximum Gasteiger partial charge on any atom is 0.303 e. The minimum Gasteiger partial charge on any atom is -0.481 e. The average Bonchev–Trinajstić information content (AvgIpc) is 2.36. The zero-order valence-corrected chi connectivity index (χ0v) is 12.1. The smallest absolute Gasteiger partial charge is 0.303 e. The molecule has 0 radical (unpaired) electrons. The van der Waals surface area contributed by atoms with Gasteiger partial charge in [-0.1, -0.05) is 0 Å². The van der Waals surface area contributed by atoms with Gasteiger partial charge in [-0.3, -0.25) is 9.69 Å². The second kappa shape index (κ2) is 7.33. The highest BCUT2D eigenvalue weighted by Gasteiger charge is 2.21. The van der Waals surface area contributed by atoms with Crippen LogP contribution in [0.1, 0.15) is 45.2 Å². The summed E-state index contributed by atoms with van der Waals surface area (Å²) < 4.78 is 27.1.